The molecule has 0 radical (unpaired) electrons. The van der Waals surface area contributed by atoms with E-state index >= 15 is 0 Å². The second-order valence-corrected chi connectivity index (χ2v) is 6.11. The number of carbonyl (C=O) groups is 1. The Labute approximate surface area is 159 Å². The lowest BCUT2D eigenvalue weighted by atomic mass is 10.0. The minimum Gasteiger partial charge on any atom is -0.489 e. The normalized spacial score (nSPS) is 11.6. The zero-order chi connectivity index (χ0) is 20.5. The number of rotatable bonds is 5. The van der Waals surface area contributed by atoms with Gasteiger partial charge in [0.15, 0.2) is 5.69 Å². The largest absolute Gasteiger partial charge is 0.489 e. The lowest BCUT2D eigenvalue weighted by molar-refractivity contribution is -0.142. The number of hydrogen-bond acceptors (Lipinski definition) is 5. The van der Waals surface area contributed by atoms with E-state index < -0.39 is 17.8 Å². The van der Waals surface area contributed by atoms with Crippen molar-refractivity contribution in [2.75, 3.05) is 6.61 Å². The van der Waals surface area contributed by atoms with E-state index in [4.69, 9.17) is 13.9 Å². The van der Waals surface area contributed by atoms with Crippen molar-refractivity contribution in [3.63, 3.8) is 0 Å². The third-order valence-corrected chi connectivity index (χ3v) is 4.26. The van der Waals surface area contributed by atoms with Crippen LogP contribution >= 0.6 is 0 Å². The summed E-state index contributed by atoms with van der Waals surface area (Å²) < 4.78 is 55.6. The summed E-state index contributed by atoms with van der Waals surface area (Å²) in [6.07, 6.45) is -3.48. The van der Waals surface area contributed by atoms with Gasteiger partial charge in [-0.3, -0.25) is 4.98 Å². The molecule has 2 aromatic heterocycles. The summed E-state index contributed by atoms with van der Waals surface area (Å²) in [7, 11) is 0. The number of carbonyl (C=O) groups excluding carboxylic acids is 1. The lowest BCUT2D eigenvalue weighted by Crippen LogP contribution is -2.13. The summed E-state index contributed by atoms with van der Waals surface area (Å²) in [4.78, 5) is 15.7. The number of halogens is 3. The molecular formula is C20H18F3NO4. The van der Waals surface area contributed by atoms with Crippen LogP contribution < -0.4 is 4.74 Å². The smallest absolute Gasteiger partial charge is 0.433 e. The van der Waals surface area contributed by atoms with E-state index in [0.717, 1.165) is 6.20 Å². The van der Waals surface area contributed by atoms with Gasteiger partial charge in [0.25, 0.3) is 0 Å². The summed E-state index contributed by atoms with van der Waals surface area (Å²) in [5.74, 6) is 0.224. The lowest BCUT2D eigenvalue weighted by Gasteiger charge is -2.14. The fourth-order valence-corrected chi connectivity index (χ4v) is 3.03. The zero-order valence-electron chi connectivity index (χ0n) is 15.5. The molecule has 2 heterocycles. The summed E-state index contributed by atoms with van der Waals surface area (Å²) in [5.41, 5.74) is 0.276. The molecular weight excluding hydrogens is 375 g/mol. The number of aromatic nitrogens is 1. The molecule has 1 aromatic carbocycles. The van der Waals surface area contributed by atoms with E-state index in [-0.39, 0.29) is 24.3 Å². The van der Waals surface area contributed by atoms with Crippen LogP contribution in [0.2, 0.25) is 0 Å². The Hall–Kier alpha value is -3.03. The van der Waals surface area contributed by atoms with E-state index in [9.17, 15) is 18.0 Å². The maximum Gasteiger partial charge on any atom is 0.433 e. The van der Waals surface area contributed by atoms with Gasteiger partial charge in [0.05, 0.1) is 6.61 Å². The van der Waals surface area contributed by atoms with E-state index in [1.54, 1.807) is 32.9 Å². The molecule has 8 heteroatoms. The highest BCUT2D eigenvalue weighted by Gasteiger charge is 2.35. The van der Waals surface area contributed by atoms with Gasteiger partial charge in [-0.1, -0.05) is 6.07 Å². The first-order valence-electron chi connectivity index (χ1n) is 8.57. The van der Waals surface area contributed by atoms with E-state index in [1.165, 1.54) is 12.1 Å². The molecule has 0 unspecified atom stereocenters. The first kappa shape index (κ1) is 19.7. The fraction of sp³-hybridized carbons (Fsp3) is 0.300. The third kappa shape index (κ3) is 3.67. The van der Waals surface area contributed by atoms with Gasteiger partial charge in [-0.25, -0.2) is 4.79 Å². The molecule has 0 aliphatic rings. The third-order valence-electron chi connectivity index (χ3n) is 4.26. The van der Waals surface area contributed by atoms with Gasteiger partial charge in [0.1, 0.15) is 29.3 Å². The van der Waals surface area contributed by atoms with E-state index in [1.807, 2.05) is 0 Å². The Bertz CT molecular complexity index is 1020. The Morgan fingerprint density at radius 1 is 1.21 bits per heavy atom. The molecule has 0 atom stereocenters. The average molecular weight is 393 g/mol. The Morgan fingerprint density at radius 2 is 1.96 bits per heavy atom. The van der Waals surface area contributed by atoms with Gasteiger partial charge >= 0.3 is 12.1 Å². The van der Waals surface area contributed by atoms with Crippen molar-refractivity contribution in [3.05, 3.63) is 58.6 Å². The maximum atomic E-state index is 13.1. The Kier molecular flexibility index (Phi) is 5.31. The predicted molar refractivity (Wildman–Crippen MR) is 95.2 cm³/mol. The molecule has 0 aliphatic heterocycles. The molecule has 5 nitrogen and oxygen atoms in total. The summed E-state index contributed by atoms with van der Waals surface area (Å²) in [6, 6.07) is 5.94. The number of ether oxygens (including phenoxy) is 2. The number of benzene rings is 1. The number of esters is 1. The number of furan rings is 1. The van der Waals surface area contributed by atoms with Crippen molar-refractivity contribution in [3.8, 4) is 5.75 Å². The molecule has 3 aromatic rings. The van der Waals surface area contributed by atoms with Crippen LogP contribution in [-0.2, 0) is 17.5 Å². The molecule has 0 saturated heterocycles. The summed E-state index contributed by atoms with van der Waals surface area (Å²) in [5, 5.41) is 0.524. The molecule has 0 saturated carbocycles. The number of hydrogen-bond donors (Lipinski definition) is 0. The monoisotopic (exact) mass is 393 g/mol. The van der Waals surface area contributed by atoms with Crippen molar-refractivity contribution in [2.24, 2.45) is 0 Å². The molecule has 28 heavy (non-hydrogen) atoms. The zero-order valence-corrected chi connectivity index (χ0v) is 15.5. The van der Waals surface area contributed by atoms with Crippen LogP contribution in [0.1, 0.15) is 39.9 Å². The number of alkyl halides is 3. The first-order valence-corrected chi connectivity index (χ1v) is 8.57. The Balaban J connectivity index is 1.97. The van der Waals surface area contributed by atoms with Crippen LogP contribution in [0.4, 0.5) is 13.2 Å². The second-order valence-electron chi connectivity index (χ2n) is 6.11. The predicted octanol–water partition coefficient (Wildman–Crippen LogP) is 5.22. The van der Waals surface area contributed by atoms with E-state index in [0.29, 0.717) is 28.0 Å². The SMILES string of the molecule is CCOC(=O)c1c(C)oc2ccc(OCc3cccnc3C(F)(F)F)c(C)c12. The van der Waals surface area contributed by atoms with Gasteiger partial charge in [-0.2, -0.15) is 13.2 Å². The quantitative estimate of drug-likeness (QED) is 0.556. The van der Waals surface area contributed by atoms with Crippen LogP contribution in [0.15, 0.2) is 34.9 Å². The molecule has 0 aliphatic carbocycles. The molecule has 0 fully saturated rings. The topological polar surface area (TPSA) is 61.6 Å². The van der Waals surface area contributed by atoms with Gasteiger partial charge < -0.3 is 13.9 Å². The molecule has 3 rings (SSSR count). The van der Waals surface area contributed by atoms with Gasteiger partial charge in [-0.05, 0) is 39.0 Å². The standard InChI is InChI=1S/C20H18F3NO4/c1-4-26-19(25)17-12(3)28-15-8-7-14(11(2)16(15)17)27-10-13-6-5-9-24-18(13)20(21,22)23/h5-9H,4,10H2,1-3H3. The first-order chi connectivity index (χ1) is 13.2. The molecule has 0 amide bonds. The Morgan fingerprint density at radius 3 is 2.64 bits per heavy atom. The highest BCUT2D eigenvalue weighted by molar-refractivity contribution is 6.06. The minimum atomic E-state index is -4.57. The molecule has 0 spiro atoms. The van der Waals surface area contributed by atoms with Crippen LogP contribution in [0.25, 0.3) is 11.0 Å². The minimum absolute atomic E-state index is 0.0801. The van der Waals surface area contributed by atoms with Crippen LogP contribution in [0.3, 0.4) is 0 Å². The highest BCUT2D eigenvalue weighted by Crippen LogP contribution is 2.35. The van der Waals surface area contributed by atoms with Gasteiger partial charge in [-0.15, -0.1) is 0 Å². The average Bonchev–Trinajstić information content (AvgIpc) is 2.98. The maximum absolute atomic E-state index is 13.1. The van der Waals surface area contributed by atoms with Crippen molar-refractivity contribution in [2.45, 2.75) is 33.6 Å². The van der Waals surface area contributed by atoms with Crippen molar-refractivity contribution < 1.29 is 31.9 Å². The van der Waals surface area contributed by atoms with Gasteiger partial charge in [0, 0.05) is 22.7 Å². The second kappa shape index (κ2) is 7.53. The van der Waals surface area contributed by atoms with Crippen molar-refractivity contribution >= 4 is 16.9 Å². The molecule has 148 valence electrons. The summed E-state index contributed by atoms with van der Waals surface area (Å²) in [6.45, 7) is 4.95. The van der Waals surface area contributed by atoms with Crippen molar-refractivity contribution in [1.29, 1.82) is 0 Å². The van der Waals surface area contributed by atoms with Crippen LogP contribution in [0, 0.1) is 13.8 Å². The summed E-state index contributed by atoms with van der Waals surface area (Å²) >= 11 is 0. The highest BCUT2D eigenvalue weighted by atomic mass is 19.4. The molecule has 0 bridgehead atoms. The van der Waals surface area contributed by atoms with Crippen molar-refractivity contribution in [1.82, 2.24) is 4.98 Å². The van der Waals surface area contributed by atoms with Gasteiger partial charge in [0.2, 0.25) is 0 Å². The van der Waals surface area contributed by atoms with Crippen LogP contribution in [0.5, 0.6) is 5.75 Å². The number of nitrogens with zero attached hydrogens (tertiary/aromatic N) is 1. The number of fused-ring (bicyclic) bond motifs is 1. The number of pyridine rings is 1. The number of aryl methyl sites for hydroxylation is 2. The fourth-order valence-electron chi connectivity index (χ4n) is 3.03. The van der Waals surface area contributed by atoms with E-state index in [2.05, 4.69) is 4.98 Å². The van der Waals surface area contributed by atoms with Crippen LogP contribution in [-0.4, -0.2) is 17.6 Å². The molecule has 0 N–H and O–H groups in total.